The number of hydrogen-bond donors (Lipinski definition) is 0. The molecule has 9 nitrogen and oxygen atoms in total. The second-order valence-corrected chi connectivity index (χ2v) is 7.79. The molecule has 0 amide bonds. The summed E-state index contributed by atoms with van der Waals surface area (Å²) < 4.78 is 7.53. The van der Waals surface area contributed by atoms with E-state index >= 15 is 0 Å². The maximum absolute atomic E-state index is 13.1. The first-order valence-corrected chi connectivity index (χ1v) is 9.24. The van der Waals surface area contributed by atoms with Gasteiger partial charge in [0.15, 0.2) is 0 Å². The highest BCUT2D eigenvalue weighted by Gasteiger charge is 2.20. The highest BCUT2D eigenvalue weighted by Crippen LogP contribution is 2.14. The van der Waals surface area contributed by atoms with Gasteiger partial charge in [0.2, 0.25) is 0 Å². The molecule has 0 radical (unpaired) electrons. The van der Waals surface area contributed by atoms with Crippen molar-refractivity contribution in [3.63, 3.8) is 0 Å². The van der Waals surface area contributed by atoms with Crippen LogP contribution >= 0.6 is 0 Å². The monoisotopic (exact) mass is 411 g/mol. The molecule has 0 aliphatic carbocycles. The van der Waals surface area contributed by atoms with Crippen LogP contribution in [-0.2, 0) is 22.6 Å². The number of benzene rings is 2. The van der Waals surface area contributed by atoms with Crippen molar-refractivity contribution in [2.45, 2.75) is 39.5 Å². The zero-order valence-electron chi connectivity index (χ0n) is 16.8. The number of para-hydroxylation sites is 1. The number of carbonyl (C=O) groups is 1. The number of non-ortho nitro benzene ring substituents is 1. The third-order valence-electron chi connectivity index (χ3n) is 4.33. The predicted octanol–water partition coefficient (Wildman–Crippen LogP) is 2.46. The number of carbonyl (C=O) groups excluding carboxylic acids is 1. The van der Waals surface area contributed by atoms with Gasteiger partial charge in [0.1, 0.15) is 12.1 Å². The van der Waals surface area contributed by atoms with Crippen LogP contribution < -0.4 is 11.2 Å². The van der Waals surface area contributed by atoms with Crippen LogP contribution in [0.15, 0.2) is 58.1 Å². The summed E-state index contributed by atoms with van der Waals surface area (Å²) in [6.07, 6.45) is 0. The first kappa shape index (κ1) is 21.0. The summed E-state index contributed by atoms with van der Waals surface area (Å²) in [5.41, 5.74) is -1.11. The first-order chi connectivity index (χ1) is 14.1. The van der Waals surface area contributed by atoms with Crippen molar-refractivity contribution >= 4 is 22.6 Å². The molecule has 0 aliphatic rings. The second-order valence-electron chi connectivity index (χ2n) is 7.79. The van der Waals surface area contributed by atoms with Gasteiger partial charge in [-0.05, 0) is 38.5 Å². The summed E-state index contributed by atoms with van der Waals surface area (Å²) in [4.78, 5) is 48.7. The molecule has 3 rings (SSSR count). The normalized spacial score (nSPS) is 11.4. The fourth-order valence-corrected chi connectivity index (χ4v) is 3.07. The topological polar surface area (TPSA) is 113 Å². The molecule has 3 aromatic rings. The lowest BCUT2D eigenvalue weighted by Crippen LogP contribution is -2.42. The minimum Gasteiger partial charge on any atom is -0.459 e. The zero-order chi connectivity index (χ0) is 22.1. The van der Waals surface area contributed by atoms with Crippen LogP contribution in [0.1, 0.15) is 26.3 Å². The average Bonchev–Trinajstić information content (AvgIpc) is 2.67. The Hall–Kier alpha value is -3.75. The molecule has 0 saturated heterocycles. The van der Waals surface area contributed by atoms with Gasteiger partial charge in [-0.15, -0.1) is 0 Å². The van der Waals surface area contributed by atoms with Crippen LogP contribution in [0, 0.1) is 10.1 Å². The Bertz CT molecular complexity index is 1230. The maximum atomic E-state index is 13.1. The van der Waals surface area contributed by atoms with E-state index in [-0.39, 0.29) is 24.2 Å². The summed E-state index contributed by atoms with van der Waals surface area (Å²) in [5.74, 6) is -0.602. The molecule has 0 atom stereocenters. The number of nitrogens with zero attached hydrogens (tertiary/aromatic N) is 3. The molecular weight excluding hydrogens is 390 g/mol. The Morgan fingerprint density at radius 2 is 1.67 bits per heavy atom. The van der Waals surface area contributed by atoms with Crippen molar-refractivity contribution in [1.29, 1.82) is 0 Å². The molecule has 0 fully saturated rings. The van der Waals surface area contributed by atoms with Crippen LogP contribution in [-0.4, -0.2) is 25.6 Å². The van der Waals surface area contributed by atoms with E-state index in [0.717, 1.165) is 4.57 Å². The van der Waals surface area contributed by atoms with Gasteiger partial charge in [0.05, 0.1) is 22.4 Å². The number of aromatic nitrogens is 2. The third kappa shape index (κ3) is 4.45. The van der Waals surface area contributed by atoms with E-state index in [1.165, 1.54) is 28.8 Å². The van der Waals surface area contributed by atoms with Crippen LogP contribution in [0.5, 0.6) is 0 Å². The van der Waals surface area contributed by atoms with Crippen LogP contribution in [0.3, 0.4) is 0 Å². The summed E-state index contributed by atoms with van der Waals surface area (Å²) in [7, 11) is 0. The number of rotatable bonds is 5. The zero-order valence-corrected chi connectivity index (χ0v) is 16.8. The maximum Gasteiger partial charge on any atom is 0.332 e. The Balaban J connectivity index is 2.09. The van der Waals surface area contributed by atoms with Crippen LogP contribution in [0.4, 0.5) is 5.69 Å². The summed E-state index contributed by atoms with van der Waals surface area (Å²) >= 11 is 0. The van der Waals surface area contributed by atoms with Gasteiger partial charge in [0.25, 0.3) is 11.2 Å². The van der Waals surface area contributed by atoms with Crippen molar-refractivity contribution in [3.05, 3.63) is 85.0 Å². The molecule has 0 saturated carbocycles. The van der Waals surface area contributed by atoms with Crippen LogP contribution in [0.2, 0.25) is 0 Å². The van der Waals surface area contributed by atoms with Crippen molar-refractivity contribution in [2.75, 3.05) is 0 Å². The molecular formula is C21H21N3O6. The summed E-state index contributed by atoms with van der Waals surface area (Å²) in [5, 5.41) is 11.1. The third-order valence-corrected chi connectivity index (χ3v) is 4.33. The Morgan fingerprint density at radius 1 is 1.03 bits per heavy atom. The summed E-state index contributed by atoms with van der Waals surface area (Å²) in [6.45, 7) is 4.73. The van der Waals surface area contributed by atoms with Crippen molar-refractivity contribution < 1.29 is 14.5 Å². The van der Waals surface area contributed by atoms with Gasteiger partial charge in [-0.2, -0.15) is 0 Å². The Labute approximate surface area is 171 Å². The lowest BCUT2D eigenvalue weighted by molar-refractivity contribution is -0.384. The molecule has 9 heteroatoms. The van der Waals surface area contributed by atoms with E-state index in [4.69, 9.17) is 4.74 Å². The van der Waals surface area contributed by atoms with E-state index in [9.17, 15) is 24.5 Å². The van der Waals surface area contributed by atoms with Gasteiger partial charge in [-0.3, -0.25) is 28.8 Å². The highest BCUT2D eigenvalue weighted by molar-refractivity contribution is 5.80. The fourth-order valence-electron chi connectivity index (χ4n) is 3.07. The van der Waals surface area contributed by atoms with E-state index in [1.54, 1.807) is 45.0 Å². The molecule has 1 heterocycles. The van der Waals surface area contributed by atoms with Gasteiger partial charge in [-0.1, -0.05) is 24.3 Å². The van der Waals surface area contributed by atoms with Crippen LogP contribution in [0.25, 0.3) is 10.9 Å². The van der Waals surface area contributed by atoms with Gasteiger partial charge >= 0.3 is 11.7 Å². The molecule has 0 bridgehead atoms. The molecule has 1 aromatic heterocycles. The van der Waals surface area contributed by atoms with Crippen molar-refractivity contribution in [1.82, 2.24) is 9.13 Å². The lowest BCUT2D eigenvalue weighted by Gasteiger charge is -2.20. The van der Waals surface area contributed by atoms with E-state index in [1.807, 2.05) is 0 Å². The molecule has 0 N–H and O–H groups in total. The molecule has 0 unspecified atom stereocenters. The molecule has 156 valence electrons. The quantitative estimate of drug-likeness (QED) is 0.362. The van der Waals surface area contributed by atoms with E-state index < -0.39 is 27.7 Å². The highest BCUT2D eigenvalue weighted by atomic mass is 16.6. The summed E-state index contributed by atoms with van der Waals surface area (Å²) in [6, 6.07) is 12.1. The average molecular weight is 411 g/mol. The SMILES string of the molecule is CC(C)(C)OC(=O)Cn1c(=O)n(Cc2ccc([N+](=O)[O-])cc2)c(=O)c2ccccc21. The standard InChI is InChI=1S/C21H21N3O6/c1-21(2,3)30-18(25)13-22-17-7-5-4-6-16(17)19(26)23(20(22)27)12-14-8-10-15(11-9-14)24(28)29/h4-11H,12-13H2,1-3H3. The largest absolute Gasteiger partial charge is 0.459 e. The number of ether oxygens (including phenoxy) is 1. The molecule has 0 aliphatic heterocycles. The number of nitro groups is 1. The number of fused-ring (bicyclic) bond motifs is 1. The van der Waals surface area contributed by atoms with Gasteiger partial charge in [0, 0.05) is 12.1 Å². The van der Waals surface area contributed by atoms with Gasteiger partial charge in [-0.25, -0.2) is 4.79 Å². The minimum absolute atomic E-state index is 0.0885. The van der Waals surface area contributed by atoms with E-state index in [2.05, 4.69) is 0 Å². The lowest BCUT2D eigenvalue weighted by atomic mass is 10.2. The fraction of sp³-hybridized carbons (Fsp3) is 0.286. The molecule has 0 spiro atoms. The van der Waals surface area contributed by atoms with Crippen molar-refractivity contribution in [2.24, 2.45) is 0 Å². The Morgan fingerprint density at radius 3 is 2.27 bits per heavy atom. The Kier molecular flexibility index (Phi) is 5.55. The first-order valence-electron chi connectivity index (χ1n) is 9.24. The number of esters is 1. The minimum atomic E-state index is -0.719. The smallest absolute Gasteiger partial charge is 0.332 e. The second kappa shape index (κ2) is 7.94. The molecule has 30 heavy (non-hydrogen) atoms. The number of nitro benzene ring substituents is 1. The van der Waals surface area contributed by atoms with E-state index in [0.29, 0.717) is 11.1 Å². The predicted molar refractivity (Wildman–Crippen MR) is 111 cm³/mol. The number of hydrogen-bond acceptors (Lipinski definition) is 6. The van der Waals surface area contributed by atoms with Gasteiger partial charge < -0.3 is 4.74 Å². The molecule has 2 aromatic carbocycles. The van der Waals surface area contributed by atoms with Crippen molar-refractivity contribution in [3.8, 4) is 0 Å².